The molecule has 21 heavy (non-hydrogen) atoms. The lowest BCUT2D eigenvalue weighted by molar-refractivity contribution is -0.382. The summed E-state index contributed by atoms with van der Waals surface area (Å²) in [6.45, 7) is 1.16. The van der Waals surface area contributed by atoms with E-state index in [0.29, 0.717) is 24.3 Å². The number of rotatable bonds is 4. The third-order valence-corrected chi connectivity index (χ3v) is 4.52. The summed E-state index contributed by atoms with van der Waals surface area (Å²) >= 11 is 1.37. The quantitative estimate of drug-likeness (QED) is 0.688. The summed E-state index contributed by atoms with van der Waals surface area (Å²) in [7, 11) is 0. The molecule has 1 aromatic carbocycles. The number of hydrogen-bond donors (Lipinski definition) is 1. The zero-order valence-electron chi connectivity index (χ0n) is 11.1. The number of benzene rings is 1. The van der Waals surface area contributed by atoms with E-state index in [9.17, 15) is 14.9 Å². The van der Waals surface area contributed by atoms with Gasteiger partial charge in [-0.25, -0.2) is 4.98 Å². The van der Waals surface area contributed by atoms with Crippen molar-refractivity contribution in [1.82, 2.24) is 4.98 Å². The van der Waals surface area contributed by atoms with Crippen LogP contribution >= 0.6 is 11.3 Å². The average Bonchev–Trinajstić information content (AvgIpc) is 3.04. The van der Waals surface area contributed by atoms with Crippen LogP contribution < -0.4 is 4.90 Å². The van der Waals surface area contributed by atoms with Gasteiger partial charge in [0, 0.05) is 19.5 Å². The summed E-state index contributed by atoms with van der Waals surface area (Å²) in [5.74, 6) is -0.792. The molecule has 0 saturated carbocycles. The van der Waals surface area contributed by atoms with Gasteiger partial charge in [-0.3, -0.25) is 14.9 Å². The Hall–Kier alpha value is -2.22. The van der Waals surface area contributed by atoms with Crippen LogP contribution in [0.4, 0.5) is 11.4 Å². The second kappa shape index (κ2) is 5.28. The fourth-order valence-electron chi connectivity index (χ4n) is 2.81. The van der Waals surface area contributed by atoms with Gasteiger partial charge < -0.3 is 10.0 Å². The highest BCUT2D eigenvalue weighted by molar-refractivity contribution is 7.16. The van der Waals surface area contributed by atoms with E-state index in [-0.39, 0.29) is 18.0 Å². The van der Waals surface area contributed by atoms with Crippen molar-refractivity contribution in [3.8, 4) is 0 Å². The van der Waals surface area contributed by atoms with E-state index >= 15 is 0 Å². The van der Waals surface area contributed by atoms with Gasteiger partial charge in [0.1, 0.15) is 5.69 Å². The Balaban J connectivity index is 1.95. The number of thiazole rings is 1. The fraction of sp³-hybridized carbons (Fsp3) is 0.385. The molecule has 3 rings (SSSR count). The molecule has 1 atom stereocenters. The first kappa shape index (κ1) is 13.7. The first-order valence-electron chi connectivity index (χ1n) is 6.53. The number of carbonyl (C=O) groups is 1. The van der Waals surface area contributed by atoms with Crippen molar-refractivity contribution in [1.29, 1.82) is 0 Å². The smallest absolute Gasteiger partial charge is 0.319 e. The number of carboxylic acid groups (broad SMARTS) is 1. The first-order valence-corrected chi connectivity index (χ1v) is 7.41. The SMILES string of the molecule is O=C(O)CC1CCN(c2ccc3scnc3c2[N+](=O)[O-])C1. The van der Waals surface area contributed by atoms with E-state index in [4.69, 9.17) is 5.11 Å². The van der Waals surface area contributed by atoms with E-state index in [0.717, 1.165) is 11.1 Å². The Morgan fingerprint density at radius 3 is 3.10 bits per heavy atom. The molecule has 2 heterocycles. The van der Waals surface area contributed by atoms with Crippen molar-refractivity contribution in [3.63, 3.8) is 0 Å². The summed E-state index contributed by atoms with van der Waals surface area (Å²) in [4.78, 5) is 27.8. The molecule has 2 aromatic rings. The number of nitrogens with zero attached hydrogens (tertiary/aromatic N) is 3. The maximum absolute atomic E-state index is 11.4. The molecular formula is C13H13N3O4S. The topological polar surface area (TPSA) is 96.6 Å². The number of aromatic nitrogens is 1. The molecular weight excluding hydrogens is 294 g/mol. The molecule has 0 spiro atoms. The third-order valence-electron chi connectivity index (χ3n) is 3.73. The number of carboxylic acids is 1. The molecule has 8 heteroatoms. The fourth-order valence-corrected chi connectivity index (χ4v) is 3.49. The number of hydrogen-bond acceptors (Lipinski definition) is 6. The summed E-state index contributed by atoms with van der Waals surface area (Å²) in [5.41, 5.74) is 2.55. The van der Waals surface area contributed by atoms with E-state index in [1.807, 2.05) is 11.0 Å². The van der Waals surface area contributed by atoms with Crippen LogP contribution in [0.3, 0.4) is 0 Å². The molecule has 1 aliphatic rings. The molecule has 110 valence electrons. The van der Waals surface area contributed by atoms with Crippen molar-refractivity contribution in [3.05, 3.63) is 27.8 Å². The summed E-state index contributed by atoms with van der Waals surface area (Å²) in [5, 5.41) is 20.3. The van der Waals surface area contributed by atoms with Gasteiger partial charge in [0.2, 0.25) is 0 Å². The van der Waals surface area contributed by atoms with Crippen LogP contribution in [-0.2, 0) is 4.79 Å². The van der Waals surface area contributed by atoms with Gasteiger partial charge in [0.05, 0.1) is 15.1 Å². The molecule has 0 bridgehead atoms. The minimum Gasteiger partial charge on any atom is -0.481 e. The Labute approximate surface area is 124 Å². The highest BCUT2D eigenvalue weighted by Gasteiger charge is 2.30. The second-order valence-electron chi connectivity index (χ2n) is 5.09. The third kappa shape index (κ3) is 2.54. The molecule has 0 aliphatic carbocycles. The van der Waals surface area contributed by atoms with E-state index in [1.165, 1.54) is 11.3 Å². The molecule has 7 nitrogen and oxygen atoms in total. The van der Waals surface area contributed by atoms with Gasteiger partial charge in [-0.2, -0.15) is 0 Å². The van der Waals surface area contributed by atoms with E-state index < -0.39 is 10.9 Å². The Morgan fingerprint density at radius 2 is 2.38 bits per heavy atom. The lowest BCUT2D eigenvalue weighted by atomic mass is 10.1. The normalized spacial score (nSPS) is 18.3. The number of nitro groups is 1. The van der Waals surface area contributed by atoms with Crippen molar-refractivity contribution in [2.45, 2.75) is 12.8 Å². The Morgan fingerprint density at radius 1 is 1.57 bits per heavy atom. The molecule has 1 unspecified atom stereocenters. The Kier molecular flexibility index (Phi) is 3.46. The second-order valence-corrected chi connectivity index (χ2v) is 5.97. The highest BCUT2D eigenvalue weighted by Crippen LogP contribution is 2.38. The van der Waals surface area contributed by atoms with Gasteiger partial charge in [0.25, 0.3) is 0 Å². The maximum Gasteiger partial charge on any atom is 0.319 e. The van der Waals surface area contributed by atoms with Crippen LogP contribution in [0.1, 0.15) is 12.8 Å². The summed E-state index contributed by atoms with van der Waals surface area (Å²) in [6.07, 6.45) is 0.835. The molecule has 0 amide bonds. The molecule has 1 saturated heterocycles. The molecule has 1 aromatic heterocycles. The van der Waals surface area contributed by atoms with Gasteiger partial charge in [-0.1, -0.05) is 0 Å². The summed E-state index contributed by atoms with van der Waals surface area (Å²) < 4.78 is 0.784. The van der Waals surface area contributed by atoms with Crippen molar-refractivity contribution < 1.29 is 14.8 Å². The number of fused-ring (bicyclic) bond motifs is 1. The van der Waals surface area contributed by atoms with Gasteiger partial charge in [0.15, 0.2) is 5.52 Å². The lowest BCUT2D eigenvalue weighted by Gasteiger charge is -2.18. The van der Waals surface area contributed by atoms with E-state index in [2.05, 4.69) is 4.98 Å². The van der Waals surface area contributed by atoms with Crippen molar-refractivity contribution in [2.24, 2.45) is 5.92 Å². The first-order chi connectivity index (χ1) is 10.1. The van der Waals surface area contributed by atoms with Crippen LogP contribution in [0.2, 0.25) is 0 Å². The monoisotopic (exact) mass is 307 g/mol. The minimum absolute atomic E-state index is 0.0183. The zero-order chi connectivity index (χ0) is 15.0. The molecule has 0 radical (unpaired) electrons. The predicted molar refractivity (Wildman–Crippen MR) is 78.8 cm³/mol. The molecule has 1 fully saturated rings. The minimum atomic E-state index is -0.827. The van der Waals surface area contributed by atoms with Crippen LogP contribution in [0, 0.1) is 16.0 Å². The number of aliphatic carboxylic acids is 1. The lowest BCUT2D eigenvalue weighted by Crippen LogP contribution is -2.21. The molecule has 1 aliphatic heterocycles. The van der Waals surface area contributed by atoms with E-state index in [1.54, 1.807) is 11.6 Å². The van der Waals surface area contributed by atoms with Gasteiger partial charge in [-0.05, 0) is 24.5 Å². The van der Waals surface area contributed by atoms with Crippen LogP contribution in [-0.4, -0.2) is 34.1 Å². The van der Waals surface area contributed by atoms with Gasteiger partial charge >= 0.3 is 11.7 Å². The van der Waals surface area contributed by atoms with Crippen LogP contribution in [0.15, 0.2) is 17.6 Å². The summed E-state index contributed by atoms with van der Waals surface area (Å²) in [6, 6.07) is 3.57. The zero-order valence-corrected chi connectivity index (χ0v) is 11.9. The molecule has 1 N–H and O–H groups in total. The van der Waals surface area contributed by atoms with Crippen molar-refractivity contribution in [2.75, 3.05) is 18.0 Å². The average molecular weight is 307 g/mol. The Bertz CT molecular complexity index is 715. The number of nitro benzene ring substituents is 1. The largest absolute Gasteiger partial charge is 0.481 e. The van der Waals surface area contributed by atoms with Crippen LogP contribution in [0.25, 0.3) is 10.2 Å². The van der Waals surface area contributed by atoms with Crippen LogP contribution in [0.5, 0.6) is 0 Å². The maximum atomic E-state index is 11.4. The highest BCUT2D eigenvalue weighted by atomic mass is 32.1. The predicted octanol–water partition coefficient (Wildman–Crippen LogP) is 2.51. The van der Waals surface area contributed by atoms with Gasteiger partial charge in [-0.15, -0.1) is 11.3 Å². The standard InChI is InChI=1S/C13H13N3O4S/c17-11(18)5-8-3-4-15(6-8)9-1-2-10-12(14-7-21-10)13(9)16(19)20/h1-2,7-8H,3-6H2,(H,17,18). The van der Waals surface area contributed by atoms with Crippen molar-refractivity contribution >= 4 is 38.9 Å². The number of anilines is 1.